The molecule has 0 N–H and O–H groups in total. The molecule has 0 aliphatic carbocycles. The highest BCUT2D eigenvalue weighted by molar-refractivity contribution is 6.08. The predicted octanol–water partition coefficient (Wildman–Crippen LogP) is 1.23. The third-order valence-corrected chi connectivity index (χ3v) is 4.07. The van der Waals surface area contributed by atoms with Gasteiger partial charge < -0.3 is 9.64 Å². The van der Waals surface area contributed by atoms with E-state index in [1.165, 1.54) is 12.0 Å². The Morgan fingerprint density at radius 1 is 1.30 bits per heavy atom. The predicted molar refractivity (Wildman–Crippen MR) is 80.0 cm³/mol. The molecule has 3 amide bonds. The molecular weight excluding hydrogens is 298 g/mol. The molecule has 120 valence electrons. The summed E-state index contributed by atoms with van der Waals surface area (Å²) in [7, 11) is 1.20. The van der Waals surface area contributed by atoms with E-state index in [4.69, 9.17) is 5.26 Å². The first-order chi connectivity index (χ1) is 10.9. The number of ether oxygens (including phenoxy) is 1. The highest BCUT2D eigenvalue weighted by Crippen LogP contribution is 2.37. The Labute approximate surface area is 134 Å². The highest BCUT2D eigenvalue weighted by atomic mass is 16.5. The number of hydrogen-bond donors (Lipinski definition) is 0. The van der Waals surface area contributed by atoms with E-state index in [0.717, 1.165) is 4.90 Å². The van der Waals surface area contributed by atoms with Crippen LogP contribution in [0.5, 0.6) is 0 Å². The summed E-state index contributed by atoms with van der Waals surface area (Å²) in [5, 5.41) is 8.88. The maximum absolute atomic E-state index is 12.8. The van der Waals surface area contributed by atoms with Crippen LogP contribution in [0.2, 0.25) is 0 Å². The third-order valence-electron chi connectivity index (χ3n) is 4.07. The van der Waals surface area contributed by atoms with E-state index >= 15 is 0 Å². The van der Waals surface area contributed by atoms with Gasteiger partial charge in [-0.2, -0.15) is 5.26 Å². The minimum atomic E-state index is -1.21. The lowest BCUT2D eigenvalue weighted by Gasteiger charge is -2.31. The topological polar surface area (TPSA) is 90.7 Å². The molecule has 7 nitrogen and oxygen atoms in total. The summed E-state index contributed by atoms with van der Waals surface area (Å²) in [6.07, 6.45) is 0. The van der Waals surface area contributed by atoms with Crippen LogP contribution in [-0.2, 0) is 19.9 Å². The minimum absolute atomic E-state index is 0.304. The molecule has 1 aromatic carbocycles. The number of imide groups is 1. The number of methoxy groups -OCH3 is 1. The van der Waals surface area contributed by atoms with Gasteiger partial charge in [-0.15, -0.1) is 0 Å². The Kier molecular flexibility index (Phi) is 4.36. The first-order valence-electron chi connectivity index (χ1n) is 7.11. The lowest BCUT2D eigenvalue weighted by Crippen LogP contribution is -2.44. The van der Waals surface area contributed by atoms with E-state index in [0.29, 0.717) is 17.7 Å². The minimum Gasteiger partial charge on any atom is -0.468 e. The van der Waals surface area contributed by atoms with Crippen LogP contribution in [0.1, 0.15) is 25.0 Å². The van der Waals surface area contributed by atoms with Crippen molar-refractivity contribution in [2.24, 2.45) is 0 Å². The number of nitriles is 1. The van der Waals surface area contributed by atoms with E-state index in [-0.39, 0.29) is 0 Å². The van der Waals surface area contributed by atoms with Gasteiger partial charge in [0.25, 0.3) is 5.91 Å². The molecule has 0 radical (unpaired) electrons. The Morgan fingerprint density at radius 3 is 2.39 bits per heavy atom. The Balaban J connectivity index is 2.45. The van der Waals surface area contributed by atoms with Gasteiger partial charge in [-0.3, -0.25) is 14.5 Å². The second-order valence-electron chi connectivity index (χ2n) is 5.26. The molecule has 1 atom stereocenters. The number of carbonyl (C=O) groups is 3. The van der Waals surface area contributed by atoms with Crippen molar-refractivity contribution in [1.29, 1.82) is 5.26 Å². The largest absolute Gasteiger partial charge is 0.468 e. The molecule has 0 aromatic heterocycles. The molecule has 1 saturated heterocycles. The fraction of sp³-hybridized carbons (Fsp3) is 0.375. The van der Waals surface area contributed by atoms with Crippen molar-refractivity contribution in [1.82, 2.24) is 9.80 Å². The normalized spacial score (nSPS) is 20.6. The highest BCUT2D eigenvalue weighted by Gasteiger charge is 2.55. The molecular formula is C16H17N3O4. The standard InChI is InChI=1S/C16H17N3O4/c1-4-19-15(22)18(10-13(20)23-3)14(21)16(19,2)12-7-5-11(9-17)6-8-12/h5-8H,4,10H2,1-3H3. The maximum atomic E-state index is 12.8. The number of nitrogens with zero attached hydrogens (tertiary/aromatic N) is 3. The Bertz CT molecular complexity index is 692. The molecule has 1 unspecified atom stereocenters. The average Bonchev–Trinajstić information content (AvgIpc) is 2.76. The number of benzene rings is 1. The van der Waals surface area contributed by atoms with Crippen LogP contribution in [-0.4, -0.2) is 47.9 Å². The lowest BCUT2D eigenvalue weighted by molar-refractivity contribution is -0.145. The van der Waals surface area contributed by atoms with Gasteiger partial charge in [-0.1, -0.05) is 12.1 Å². The van der Waals surface area contributed by atoms with Crippen LogP contribution in [0.15, 0.2) is 24.3 Å². The summed E-state index contributed by atoms with van der Waals surface area (Å²) in [5.41, 5.74) is -0.166. The monoisotopic (exact) mass is 315 g/mol. The van der Waals surface area contributed by atoms with Crippen molar-refractivity contribution >= 4 is 17.9 Å². The molecule has 1 aromatic rings. The van der Waals surface area contributed by atoms with Gasteiger partial charge in [0, 0.05) is 6.54 Å². The summed E-state index contributed by atoms with van der Waals surface area (Å²) >= 11 is 0. The summed E-state index contributed by atoms with van der Waals surface area (Å²) in [6.45, 7) is 3.28. The maximum Gasteiger partial charge on any atom is 0.328 e. The van der Waals surface area contributed by atoms with Crippen molar-refractivity contribution in [3.63, 3.8) is 0 Å². The molecule has 1 fully saturated rings. The van der Waals surface area contributed by atoms with E-state index < -0.39 is 30.0 Å². The van der Waals surface area contributed by atoms with E-state index in [1.807, 2.05) is 6.07 Å². The molecule has 23 heavy (non-hydrogen) atoms. The number of amides is 3. The van der Waals surface area contributed by atoms with Crippen molar-refractivity contribution in [3.8, 4) is 6.07 Å². The summed E-state index contributed by atoms with van der Waals surface area (Å²) in [4.78, 5) is 39.0. The number of hydrogen-bond acceptors (Lipinski definition) is 5. The molecule has 1 heterocycles. The van der Waals surface area contributed by atoms with Crippen molar-refractivity contribution in [2.45, 2.75) is 19.4 Å². The van der Waals surface area contributed by atoms with Gasteiger partial charge in [-0.05, 0) is 31.5 Å². The fourth-order valence-electron chi connectivity index (χ4n) is 2.74. The smallest absolute Gasteiger partial charge is 0.328 e. The van der Waals surface area contributed by atoms with E-state index in [9.17, 15) is 14.4 Å². The van der Waals surface area contributed by atoms with Gasteiger partial charge >= 0.3 is 12.0 Å². The van der Waals surface area contributed by atoms with Crippen molar-refractivity contribution < 1.29 is 19.1 Å². The van der Waals surface area contributed by atoms with Crippen molar-refractivity contribution in [3.05, 3.63) is 35.4 Å². The van der Waals surface area contributed by atoms with Crippen LogP contribution in [0.3, 0.4) is 0 Å². The van der Waals surface area contributed by atoms with Crippen LogP contribution >= 0.6 is 0 Å². The molecule has 1 aliphatic heterocycles. The molecule has 2 rings (SSSR count). The van der Waals surface area contributed by atoms with Crippen LogP contribution in [0.25, 0.3) is 0 Å². The SMILES string of the molecule is CCN1C(=O)N(CC(=O)OC)C(=O)C1(C)c1ccc(C#N)cc1. The first-order valence-corrected chi connectivity index (χ1v) is 7.11. The number of esters is 1. The summed E-state index contributed by atoms with van der Waals surface area (Å²) in [6, 6.07) is 7.95. The number of rotatable bonds is 4. The van der Waals surface area contributed by atoms with Gasteiger partial charge in [0.15, 0.2) is 0 Å². The summed E-state index contributed by atoms with van der Waals surface area (Å²) in [5.74, 6) is -1.15. The van der Waals surface area contributed by atoms with Crippen LogP contribution in [0, 0.1) is 11.3 Å². The van der Waals surface area contributed by atoms with Gasteiger partial charge in [-0.25, -0.2) is 4.79 Å². The van der Waals surface area contributed by atoms with Crippen LogP contribution < -0.4 is 0 Å². The average molecular weight is 315 g/mol. The van der Waals surface area contributed by atoms with Gasteiger partial charge in [0.2, 0.25) is 0 Å². The zero-order valence-electron chi connectivity index (χ0n) is 13.2. The zero-order chi connectivity index (χ0) is 17.2. The number of likely N-dealkylation sites (N-methyl/N-ethyl adjacent to an activating group) is 1. The fourth-order valence-corrected chi connectivity index (χ4v) is 2.74. The van der Waals surface area contributed by atoms with Crippen LogP contribution in [0.4, 0.5) is 4.79 Å². The van der Waals surface area contributed by atoms with Crippen molar-refractivity contribution in [2.75, 3.05) is 20.2 Å². The Hall–Kier alpha value is -2.88. The van der Waals surface area contributed by atoms with E-state index in [2.05, 4.69) is 4.74 Å². The Morgan fingerprint density at radius 2 is 1.91 bits per heavy atom. The summed E-state index contributed by atoms with van der Waals surface area (Å²) < 4.78 is 4.54. The van der Waals surface area contributed by atoms with Gasteiger partial charge in [0.1, 0.15) is 12.1 Å². The molecule has 1 aliphatic rings. The molecule has 0 spiro atoms. The second kappa shape index (κ2) is 6.08. The molecule has 7 heteroatoms. The van der Waals surface area contributed by atoms with E-state index in [1.54, 1.807) is 38.1 Å². The second-order valence-corrected chi connectivity index (χ2v) is 5.26. The number of carbonyl (C=O) groups excluding carboxylic acids is 3. The lowest BCUT2D eigenvalue weighted by atomic mass is 9.89. The molecule has 0 saturated carbocycles. The quantitative estimate of drug-likeness (QED) is 0.615. The third kappa shape index (κ3) is 2.52. The van der Waals surface area contributed by atoms with Gasteiger partial charge in [0.05, 0.1) is 18.7 Å². The first kappa shape index (κ1) is 16.5. The number of urea groups is 1. The zero-order valence-corrected chi connectivity index (χ0v) is 13.2. The molecule has 0 bridgehead atoms.